The van der Waals surface area contributed by atoms with Crippen LogP contribution in [0.1, 0.15) is 21.5 Å². The average Bonchev–Trinajstić information content (AvgIpc) is 2.65. The molecule has 0 spiro atoms. The lowest BCUT2D eigenvalue weighted by atomic mass is 10.1. The molecule has 1 N–H and O–H groups in total. The molecule has 0 fully saturated rings. The minimum atomic E-state index is -0.481. The Morgan fingerprint density at radius 3 is 2.16 bits per heavy atom. The quantitative estimate of drug-likeness (QED) is 0.703. The van der Waals surface area contributed by atoms with Crippen molar-refractivity contribution in [1.29, 1.82) is 0 Å². The van der Waals surface area contributed by atoms with Crippen LogP contribution in [0.3, 0.4) is 0 Å². The molecular formula is C21H18FNO2. The van der Waals surface area contributed by atoms with Gasteiger partial charge in [-0.25, -0.2) is 4.39 Å². The maximum atomic E-state index is 14.2. The van der Waals surface area contributed by atoms with Gasteiger partial charge in [-0.3, -0.25) is 4.79 Å². The van der Waals surface area contributed by atoms with Gasteiger partial charge in [0.1, 0.15) is 5.82 Å². The third kappa shape index (κ3) is 4.75. The van der Waals surface area contributed by atoms with Crippen molar-refractivity contribution in [2.45, 2.75) is 13.2 Å². The van der Waals surface area contributed by atoms with Gasteiger partial charge in [-0.2, -0.15) is 0 Å². The molecule has 25 heavy (non-hydrogen) atoms. The van der Waals surface area contributed by atoms with Crippen molar-refractivity contribution in [3.05, 3.63) is 101 Å². The molecule has 0 saturated heterocycles. The number of rotatable bonds is 6. The van der Waals surface area contributed by atoms with Crippen LogP contribution >= 0.6 is 0 Å². The monoisotopic (exact) mass is 335 g/mol. The summed E-state index contributed by atoms with van der Waals surface area (Å²) in [5.41, 5.74) is 2.42. The molecule has 0 aliphatic carbocycles. The zero-order valence-electron chi connectivity index (χ0n) is 13.6. The summed E-state index contributed by atoms with van der Waals surface area (Å²) in [6.45, 7) is 0.772. The standard InChI is InChI=1S/C21H18FNO2/c22-19-13-17(15-25-14-16-7-3-1-4-8-16)11-12-20(19)23-21(24)18-9-5-2-6-10-18/h1-13H,14-15H2,(H,23,24). The number of amides is 1. The Hall–Kier alpha value is -2.98. The highest BCUT2D eigenvalue weighted by Crippen LogP contribution is 2.18. The summed E-state index contributed by atoms with van der Waals surface area (Å²) in [6, 6.07) is 23.2. The molecule has 0 aromatic heterocycles. The molecule has 3 aromatic carbocycles. The summed E-state index contributed by atoms with van der Waals surface area (Å²) in [6.07, 6.45) is 0. The molecule has 0 saturated carbocycles. The van der Waals surface area contributed by atoms with Crippen LogP contribution in [0.5, 0.6) is 0 Å². The van der Waals surface area contributed by atoms with Crippen LogP contribution in [-0.4, -0.2) is 5.91 Å². The van der Waals surface area contributed by atoms with E-state index in [0.29, 0.717) is 24.3 Å². The lowest BCUT2D eigenvalue weighted by molar-refractivity contribution is 0.102. The first-order valence-corrected chi connectivity index (χ1v) is 7.99. The van der Waals surface area contributed by atoms with E-state index in [4.69, 9.17) is 4.74 Å². The maximum Gasteiger partial charge on any atom is 0.255 e. The van der Waals surface area contributed by atoms with E-state index >= 15 is 0 Å². The summed E-state index contributed by atoms with van der Waals surface area (Å²) < 4.78 is 19.8. The van der Waals surface area contributed by atoms with Gasteiger partial charge >= 0.3 is 0 Å². The number of anilines is 1. The van der Waals surface area contributed by atoms with E-state index in [0.717, 1.165) is 5.56 Å². The second kappa shape index (κ2) is 8.22. The lowest BCUT2D eigenvalue weighted by Crippen LogP contribution is -2.13. The molecule has 0 bridgehead atoms. The topological polar surface area (TPSA) is 38.3 Å². The van der Waals surface area contributed by atoms with Gasteiger partial charge in [-0.05, 0) is 35.4 Å². The second-order valence-electron chi connectivity index (χ2n) is 5.61. The van der Waals surface area contributed by atoms with Gasteiger partial charge in [0.25, 0.3) is 5.91 Å². The Morgan fingerprint density at radius 2 is 1.48 bits per heavy atom. The largest absolute Gasteiger partial charge is 0.372 e. The van der Waals surface area contributed by atoms with Crippen LogP contribution < -0.4 is 5.32 Å². The minimum Gasteiger partial charge on any atom is -0.372 e. The maximum absolute atomic E-state index is 14.2. The SMILES string of the molecule is O=C(Nc1ccc(COCc2ccccc2)cc1F)c1ccccc1. The van der Waals surface area contributed by atoms with Crippen LogP contribution in [-0.2, 0) is 18.0 Å². The molecule has 4 heteroatoms. The highest BCUT2D eigenvalue weighted by atomic mass is 19.1. The fourth-order valence-electron chi connectivity index (χ4n) is 2.39. The van der Waals surface area contributed by atoms with E-state index in [1.165, 1.54) is 6.07 Å². The zero-order chi connectivity index (χ0) is 17.5. The molecule has 0 aliphatic rings. The van der Waals surface area contributed by atoms with E-state index in [2.05, 4.69) is 5.32 Å². The molecule has 0 unspecified atom stereocenters. The van der Waals surface area contributed by atoms with Gasteiger partial charge in [0.05, 0.1) is 18.9 Å². The molecule has 0 aliphatic heterocycles. The summed E-state index contributed by atoms with van der Waals surface area (Å²) in [5.74, 6) is -0.822. The summed E-state index contributed by atoms with van der Waals surface area (Å²) in [5, 5.41) is 2.58. The Bertz CT molecular complexity index is 835. The van der Waals surface area contributed by atoms with E-state index in [1.807, 2.05) is 36.4 Å². The molecule has 3 nitrogen and oxygen atoms in total. The number of halogens is 1. The molecular weight excluding hydrogens is 317 g/mol. The molecule has 3 aromatic rings. The Balaban J connectivity index is 1.58. The van der Waals surface area contributed by atoms with Crippen LogP contribution in [0, 0.1) is 5.82 Å². The van der Waals surface area contributed by atoms with Gasteiger partial charge < -0.3 is 10.1 Å². The van der Waals surface area contributed by atoms with Gasteiger partial charge in [0, 0.05) is 5.56 Å². The number of carbonyl (C=O) groups excluding carboxylic acids is 1. The summed E-state index contributed by atoms with van der Waals surface area (Å²) in [7, 11) is 0. The minimum absolute atomic E-state index is 0.153. The number of hydrogen-bond donors (Lipinski definition) is 1. The number of nitrogens with one attached hydrogen (secondary N) is 1. The molecule has 3 rings (SSSR count). The first-order chi connectivity index (χ1) is 12.2. The van der Waals surface area contributed by atoms with Gasteiger partial charge in [-0.15, -0.1) is 0 Å². The number of carbonyl (C=O) groups is 1. The predicted molar refractivity (Wildman–Crippen MR) is 95.7 cm³/mol. The van der Waals surface area contributed by atoms with E-state index < -0.39 is 5.82 Å². The molecule has 0 heterocycles. The Kier molecular flexibility index (Phi) is 5.54. The van der Waals surface area contributed by atoms with Crippen LogP contribution in [0.15, 0.2) is 78.9 Å². The van der Waals surface area contributed by atoms with Crippen LogP contribution in [0.4, 0.5) is 10.1 Å². The van der Waals surface area contributed by atoms with Crippen LogP contribution in [0.25, 0.3) is 0 Å². The Morgan fingerprint density at radius 1 is 0.840 bits per heavy atom. The third-order valence-electron chi connectivity index (χ3n) is 3.70. The molecule has 0 radical (unpaired) electrons. The van der Waals surface area contributed by atoms with E-state index in [1.54, 1.807) is 36.4 Å². The molecule has 0 atom stereocenters. The number of ether oxygens (including phenoxy) is 1. The van der Waals surface area contributed by atoms with Crippen molar-refractivity contribution in [1.82, 2.24) is 0 Å². The number of benzene rings is 3. The van der Waals surface area contributed by atoms with E-state index in [9.17, 15) is 9.18 Å². The van der Waals surface area contributed by atoms with Gasteiger partial charge in [-0.1, -0.05) is 54.6 Å². The first kappa shape index (κ1) is 16.9. The number of hydrogen-bond acceptors (Lipinski definition) is 2. The Labute approximate surface area is 146 Å². The van der Waals surface area contributed by atoms with Crippen molar-refractivity contribution in [3.63, 3.8) is 0 Å². The lowest BCUT2D eigenvalue weighted by Gasteiger charge is -2.09. The highest BCUT2D eigenvalue weighted by molar-refractivity contribution is 6.04. The normalized spacial score (nSPS) is 10.4. The zero-order valence-corrected chi connectivity index (χ0v) is 13.6. The first-order valence-electron chi connectivity index (χ1n) is 7.99. The van der Waals surface area contributed by atoms with Crippen molar-refractivity contribution in [3.8, 4) is 0 Å². The summed E-state index contributed by atoms with van der Waals surface area (Å²) >= 11 is 0. The predicted octanol–water partition coefficient (Wildman–Crippen LogP) is 4.79. The molecule has 1 amide bonds. The molecule has 126 valence electrons. The third-order valence-corrected chi connectivity index (χ3v) is 3.70. The van der Waals surface area contributed by atoms with Crippen molar-refractivity contribution >= 4 is 11.6 Å². The van der Waals surface area contributed by atoms with Gasteiger partial charge in [0.2, 0.25) is 0 Å². The van der Waals surface area contributed by atoms with Crippen molar-refractivity contribution in [2.24, 2.45) is 0 Å². The average molecular weight is 335 g/mol. The fraction of sp³-hybridized carbons (Fsp3) is 0.0952. The smallest absolute Gasteiger partial charge is 0.255 e. The second-order valence-corrected chi connectivity index (χ2v) is 5.61. The fourth-order valence-corrected chi connectivity index (χ4v) is 2.39. The summed E-state index contributed by atoms with van der Waals surface area (Å²) in [4.78, 5) is 12.1. The van der Waals surface area contributed by atoms with Gasteiger partial charge in [0.15, 0.2) is 0 Å². The van der Waals surface area contributed by atoms with Crippen molar-refractivity contribution in [2.75, 3.05) is 5.32 Å². The highest BCUT2D eigenvalue weighted by Gasteiger charge is 2.09. The van der Waals surface area contributed by atoms with Crippen molar-refractivity contribution < 1.29 is 13.9 Å². The van der Waals surface area contributed by atoms with E-state index in [-0.39, 0.29) is 11.6 Å². The van der Waals surface area contributed by atoms with Crippen LogP contribution in [0.2, 0.25) is 0 Å².